The number of carbonyl (C=O) groups excluding carboxylic acids is 1. The van der Waals surface area contributed by atoms with Crippen LogP contribution in [0.1, 0.15) is 25.7 Å². The summed E-state index contributed by atoms with van der Waals surface area (Å²) in [6.45, 7) is 0.657. The van der Waals surface area contributed by atoms with Crippen LogP contribution in [0.3, 0.4) is 0 Å². The van der Waals surface area contributed by atoms with Gasteiger partial charge in [0.05, 0.1) is 9.82 Å². The lowest BCUT2D eigenvalue weighted by Gasteiger charge is -2.31. The van der Waals surface area contributed by atoms with Crippen LogP contribution in [0.15, 0.2) is 29.2 Å². The lowest BCUT2D eigenvalue weighted by atomic mass is 10.1. The lowest BCUT2D eigenvalue weighted by molar-refractivity contribution is -0.384. The van der Waals surface area contributed by atoms with Crippen LogP contribution in [-0.2, 0) is 14.8 Å². The van der Waals surface area contributed by atoms with Crippen LogP contribution >= 0.6 is 0 Å². The number of piperidine rings is 1. The number of hydrogen-bond donors (Lipinski definition) is 1. The quantitative estimate of drug-likeness (QED) is 0.633. The summed E-state index contributed by atoms with van der Waals surface area (Å²) in [6, 6.07) is 4.91. The molecule has 24 heavy (non-hydrogen) atoms. The van der Waals surface area contributed by atoms with Gasteiger partial charge < -0.3 is 5.32 Å². The number of nitrogens with one attached hydrogen (secondary N) is 1. The first kappa shape index (κ1) is 16.8. The van der Waals surface area contributed by atoms with Gasteiger partial charge in [-0.15, -0.1) is 0 Å². The maximum Gasteiger partial charge on any atom is 0.269 e. The highest BCUT2D eigenvalue weighted by Gasteiger charge is 2.34. The average molecular weight is 353 g/mol. The molecule has 130 valence electrons. The molecule has 1 saturated carbocycles. The molecule has 2 aliphatic rings. The van der Waals surface area contributed by atoms with Crippen molar-refractivity contribution in [3.05, 3.63) is 34.4 Å². The molecule has 0 radical (unpaired) electrons. The Morgan fingerprint density at radius 3 is 2.21 bits per heavy atom. The van der Waals surface area contributed by atoms with E-state index in [1.165, 1.54) is 28.6 Å². The number of nitrogens with zero attached hydrogens (tertiary/aromatic N) is 2. The minimum Gasteiger partial charge on any atom is -0.353 e. The van der Waals surface area contributed by atoms with E-state index in [0.29, 0.717) is 25.9 Å². The van der Waals surface area contributed by atoms with E-state index in [0.717, 1.165) is 12.8 Å². The van der Waals surface area contributed by atoms with Crippen molar-refractivity contribution in [2.45, 2.75) is 36.6 Å². The van der Waals surface area contributed by atoms with Crippen molar-refractivity contribution in [1.82, 2.24) is 9.62 Å². The number of carbonyl (C=O) groups is 1. The summed E-state index contributed by atoms with van der Waals surface area (Å²) in [4.78, 5) is 21.9. The molecule has 0 aromatic heterocycles. The minimum absolute atomic E-state index is 0.0152. The SMILES string of the molecule is O=C(NC1CCN(S(=O)(=O)c2ccc([N+](=O)[O-])cc2)CC1)C1CC1. The van der Waals surface area contributed by atoms with Gasteiger partial charge in [0.15, 0.2) is 0 Å². The highest BCUT2D eigenvalue weighted by atomic mass is 32.2. The van der Waals surface area contributed by atoms with Crippen LogP contribution in [0.25, 0.3) is 0 Å². The zero-order valence-corrected chi connectivity index (χ0v) is 13.9. The molecule has 3 rings (SSSR count). The number of rotatable bonds is 5. The van der Waals surface area contributed by atoms with Crippen LogP contribution in [0.5, 0.6) is 0 Å². The van der Waals surface area contributed by atoms with E-state index in [-0.39, 0.29) is 28.4 Å². The van der Waals surface area contributed by atoms with Crippen molar-refractivity contribution in [3.63, 3.8) is 0 Å². The number of non-ortho nitro benzene ring substituents is 1. The summed E-state index contributed by atoms with van der Waals surface area (Å²) in [6.07, 6.45) is 3.04. The van der Waals surface area contributed by atoms with Crippen LogP contribution < -0.4 is 5.32 Å². The normalized spacial score (nSPS) is 19.8. The first-order chi connectivity index (χ1) is 11.4. The zero-order chi connectivity index (χ0) is 17.3. The molecule has 0 unspecified atom stereocenters. The molecule has 1 N–H and O–H groups in total. The summed E-state index contributed by atoms with van der Waals surface area (Å²) in [5, 5.41) is 13.6. The van der Waals surface area contributed by atoms with Crippen molar-refractivity contribution in [1.29, 1.82) is 0 Å². The van der Waals surface area contributed by atoms with Crippen molar-refractivity contribution in [2.24, 2.45) is 5.92 Å². The molecule has 1 amide bonds. The molecule has 8 nitrogen and oxygen atoms in total. The van der Waals surface area contributed by atoms with E-state index < -0.39 is 14.9 Å². The lowest BCUT2D eigenvalue weighted by Crippen LogP contribution is -2.46. The van der Waals surface area contributed by atoms with E-state index in [4.69, 9.17) is 0 Å². The molecule has 0 atom stereocenters. The molecule has 0 bridgehead atoms. The topological polar surface area (TPSA) is 110 Å². The number of hydrogen-bond acceptors (Lipinski definition) is 5. The summed E-state index contributed by atoms with van der Waals surface area (Å²) < 4.78 is 26.5. The predicted molar refractivity (Wildman–Crippen MR) is 85.7 cm³/mol. The van der Waals surface area contributed by atoms with Crippen LogP contribution in [-0.4, -0.2) is 42.7 Å². The van der Waals surface area contributed by atoms with Crippen molar-refractivity contribution in [2.75, 3.05) is 13.1 Å². The first-order valence-electron chi connectivity index (χ1n) is 7.93. The molecule has 1 saturated heterocycles. The Kier molecular flexibility index (Phi) is 4.55. The Labute approximate surface area is 140 Å². The third-order valence-corrected chi connectivity index (χ3v) is 6.35. The second-order valence-electron chi connectivity index (χ2n) is 6.21. The molecule has 2 fully saturated rings. The standard InChI is InChI=1S/C15H19N3O5S/c19-15(11-1-2-11)16-12-7-9-17(10-8-12)24(22,23)14-5-3-13(4-6-14)18(20)21/h3-6,11-12H,1-2,7-10H2,(H,16,19). The Bertz CT molecular complexity index is 735. The fraction of sp³-hybridized carbons (Fsp3) is 0.533. The van der Waals surface area contributed by atoms with Crippen LogP contribution in [0, 0.1) is 16.0 Å². The summed E-state index contributed by atoms with van der Waals surface area (Å²) in [5.74, 6) is 0.221. The van der Waals surface area contributed by atoms with E-state index >= 15 is 0 Å². The maximum absolute atomic E-state index is 12.6. The number of nitro benzene ring substituents is 1. The van der Waals surface area contributed by atoms with Gasteiger partial charge in [0.25, 0.3) is 5.69 Å². The third kappa shape index (κ3) is 3.57. The van der Waals surface area contributed by atoms with Gasteiger partial charge in [-0.1, -0.05) is 0 Å². The molecule has 1 heterocycles. The minimum atomic E-state index is -3.66. The van der Waals surface area contributed by atoms with E-state index in [1.54, 1.807) is 0 Å². The van der Waals surface area contributed by atoms with Crippen molar-refractivity contribution >= 4 is 21.6 Å². The molecule has 1 aliphatic heterocycles. The van der Waals surface area contributed by atoms with Crippen molar-refractivity contribution in [3.8, 4) is 0 Å². The highest BCUT2D eigenvalue weighted by molar-refractivity contribution is 7.89. The van der Waals surface area contributed by atoms with Gasteiger partial charge in [0.1, 0.15) is 0 Å². The summed E-state index contributed by atoms with van der Waals surface area (Å²) in [5.41, 5.74) is -0.143. The summed E-state index contributed by atoms with van der Waals surface area (Å²) >= 11 is 0. The number of nitro groups is 1. The first-order valence-corrected chi connectivity index (χ1v) is 9.37. The predicted octanol–water partition coefficient (Wildman–Crippen LogP) is 1.27. The van der Waals surface area contributed by atoms with Gasteiger partial charge in [0.2, 0.25) is 15.9 Å². The molecule has 0 spiro atoms. The fourth-order valence-corrected chi connectivity index (χ4v) is 4.26. The Morgan fingerprint density at radius 1 is 1.12 bits per heavy atom. The molecule has 1 aromatic carbocycles. The maximum atomic E-state index is 12.6. The summed E-state index contributed by atoms with van der Waals surface area (Å²) in [7, 11) is -3.66. The second kappa shape index (κ2) is 6.48. The molecule has 1 aromatic rings. The average Bonchev–Trinajstić information content (AvgIpc) is 3.40. The van der Waals surface area contributed by atoms with Crippen molar-refractivity contribution < 1.29 is 18.1 Å². The van der Waals surface area contributed by atoms with Gasteiger partial charge in [-0.3, -0.25) is 14.9 Å². The zero-order valence-electron chi connectivity index (χ0n) is 13.1. The largest absolute Gasteiger partial charge is 0.353 e. The molecule has 9 heteroatoms. The van der Waals surface area contributed by atoms with Crippen LogP contribution in [0.4, 0.5) is 5.69 Å². The fourth-order valence-electron chi connectivity index (χ4n) is 2.79. The Morgan fingerprint density at radius 2 is 1.71 bits per heavy atom. The van der Waals surface area contributed by atoms with Gasteiger partial charge in [0, 0.05) is 37.2 Å². The molecule has 1 aliphatic carbocycles. The molecular weight excluding hydrogens is 334 g/mol. The van der Waals surface area contributed by atoms with Gasteiger partial charge in [-0.05, 0) is 37.8 Å². The third-order valence-electron chi connectivity index (χ3n) is 4.43. The van der Waals surface area contributed by atoms with E-state index in [9.17, 15) is 23.3 Å². The number of sulfonamides is 1. The van der Waals surface area contributed by atoms with Crippen LogP contribution in [0.2, 0.25) is 0 Å². The number of benzene rings is 1. The Hall–Kier alpha value is -2.00. The number of amides is 1. The van der Waals surface area contributed by atoms with E-state index in [2.05, 4.69) is 5.32 Å². The monoisotopic (exact) mass is 353 g/mol. The highest BCUT2D eigenvalue weighted by Crippen LogP contribution is 2.29. The van der Waals surface area contributed by atoms with E-state index in [1.807, 2.05) is 0 Å². The Balaban J connectivity index is 1.61. The van der Waals surface area contributed by atoms with Gasteiger partial charge >= 0.3 is 0 Å². The van der Waals surface area contributed by atoms with Gasteiger partial charge in [-0.2, -0.15) is 4.31 Å². The molecular formula is C15H19N3O5S. The van der Waals surface area contributed by atoms with Gasteiger partial charge in [-0.25, -0.2) is 8.42 Å². The smallest absolute Gasteiger partial charge is 0.269 e. The second-order valence-corrected chi connectivity index (χ2v) is 8.15.